The van der Waals surface area contributed by atoms with Crippen LogP contribution < -0.4 is 5.32 Å². The highest BCUT2D eigenvalue weighted by Gasteiger charge is 2.24. The zero-order valence-corrected chi connectivity index (χ0v) is 17.5. The fraction of sp³-hybridized carbons (Fsp3) is 0.211. The van der Waals surface area contributed by atoms with E-state index in [2.05, 4.69) is 20.4 Å². The van der Waals surface area contributed by atoms with Gasteiger partial charge >= 0.3 is 5.97 Å². The Balaban J connectivity index is 2.06. The summed E-state index contributed by atoms with van der Waals surface area (Å²) >= 11 is 6.05. The first-order chi connectivity index (χ1) is 14.7. The van der Waals surface area contributed by atoms with E-state index in [9.17, 15) is 19.7 Å². The largest absolute Gasteiger partial charge is 0.462 e. The minimum atomic E-state index is -0.712. The van der Waals surface area contributed by atoms with E-state index in [0.717, 1.165) is 12.1 Å². The Hall–Kier alpha value is -3.86. The summed E-state index contributed by atoms with van der Waals surface area (Å²) in [6, 6.07) is 5.19. The Morgan fingerprint density at radius 2 is 1.87 bits per heavy atom. The third-order valence-electron chi connectivity index (χ3n) is 4.06. The molecule has 0 spiro atoms. The number of ether oxygens (including phenoxy) is 1. The standard InChI is InChI=1S/C19H17ClN6O5/c1-4-31-18(28)14-9-21-25(19-22-10(2)7-11(3)23-19)16(14)24-17(27)13-6-5-12(26(29)30)8-15(13)20/h5-9H,4H2,1-3H3,(H,24,27). The van der Waals surface area contributed by atoms with Gasteiger partial charge in [0.1, 0.15) is 5.56 Å². The number of nitro benzene ring substituents is 1. The maximum atomic E-state index is 12.9. The van der Waals surface area contributed by atoms with Crippen molar-refractivity contribution in [1.82, 2.24) is 19.7 Å². The number of halogens is 1. The lowest BCUT2D eigenvalue weighted by Crippen LogP contribution is -2.19. The summed E-state index contributed by atoms with van der Waals surface area (Å²) in [4.78, 5) is 44.1. The van der Waals surface area contributed by atoms with Gasteiger partial charge in [-0.3, -0.25) is 14.9 Å². The summed E-state index contributed by atoms with van der Waals surface area (Å²) in [7, 11) is 0. The van der Waals surface area contributed by atoms with Crippen molar-refractivity contribution in [2.75, 3.05) is 11.9 Å². The number of aromatic nitrogens is 4. The number of nitrogens with one attached hydrogen (secondary N) is 1. The number of esters is 1. The third kappa shape index (κ3) is 4.67. The first kappa shape index (κ1) is 21.8. The number of hydrogen-bond acceptors (Lipinski definition) is 8. The van der Waals surface area contributed by atoms with Gasteiger partial charge in [-0.1, -0.05) is 11.6 Å². The van der Waals surface area contributed by atoms with Crippen LogP contribution in [0.15, 0.2) is 30.5 Å². The van der Waals surface area contributed by atoms with Gasteiger partial charge in [0.25, 0.3) is 17.5 Å². The summed E-state index contributed by atoms with van der Waals surface area (Å²) in [5.41, 5.74) is 1.01. The van der Waals surface area contributed by atoms with Crippen LogP contribution >= 0.6 is 11.6 Å². The molecule has 11 nitrogen and oxygen atoms in total. The molecule has 1 amide bonds. The van der Waals surface area contributed by atoms with Crippen LogP contribution in [-0.2, 0) is 4.74 Å². The molecular weight excluding hydrogens is 428 g/mol. The van der Waals surface area contributed by atoms with Gasteiger partial charge in [0.05, 0.1) is 28.3 Å². The number of nitrogens with zero attached hydrogens (tertiary/aromatic N) is 5. The van der Waals surface area contributed by atoms with Gasteiger partial charge in [-0.05, 0) is 32.9 Å². The Bertz CT molecular complexity index is 1170. The molecule has 2 aromatic heterocycles. The number of carbonyl (C=O) groups excluding carboxylic acids is 2. The normalized spacial score (nSPS) is 10.6. The Labute approximate surface area is 181 Å². The molecule has 3 rings (SSSR count). The van der Waals surface area contributed by atoms with Gasteiger partial charge < -0.3 is 10.1 Å². The summed E-state index contributed by atoms with van der Waals surface area (Å²) in [5, 5.41) is 17.5. The number of benzene rings is 1. The molecule has 0 fully saturated rings. The van der Waals surface area contributed by atoms with Crippen LogP contribution in [-0.4, -0.2) is 43.2 Å². The van der Waals surface area contributed by atoms with E-state index < -0.39 is 16.8 Å². The number of nitro groups is 1. The molecule has 0 aliphatic rings. The fourth-order valence-corrected chi connectivity index (χ4v) is 3.02. The van der Waals surface area contributed by atoms with Crippen molar-refractivity contribution in [3.8, 4) is 5.95 Å². The quantitative estimate of drug-likeness (QED) is 0.346. The molecule has 0 unspecified atom stereocenters. The number of hydrogen-bond donors (Lipinski definition) is 1. The van der Waals surface area contributed by atoms with Crippen molar-refractivity contribution in [2.24, 2.45) is 0 Å². The first-order valence-corrected chi connectivity index (χ1v) is 9.42. The van der Waals surface area contributed by atoms with E-state index in [4.69, 9.17) is 16.3 Å². The van der Waals surface area contributed by atoms with Crippen LogP contribution in [0.25, 0.3) is 5.95 Å². The molecule has 0 aliphatic heterocycles. The van der Waals surface area contributed by atoms with Crippen molar-refractivity contribution in [3.05, 3.63) is 68.1 Å². The smallest absolute Gasteiger partial charge is 0.343 e. The van der Waals surface area contributed by atoms with Gasteiger partial charge in [0.2, 0.25) is 0 Å². The average molecular weight is 445 g/mol. The highest BCUT2D eigenvalue weighted by Crippen LogP contribution is 2.25. The molecule has 0 saturated carbocycles. The monoisotopic (exact) mass is 444 g/mol. The number of non-ortho nitro benzene ring substituents is 1. The van der Waals surface area contributed by atoms with Gasteiger partial charge in [-0.2, -0.15) is 9.78 Å². The Morgan fingerprint density at radius 1 is 1.19 bits per heavy atom. The molecule has 0 saturated heterocycles. The van der Waals surface area contributed by atoms with E-state index >= 15 is 0 Å². The van der Waals surface area contributed by atoms with Gasteiger partial charge in [-0.15, -0.1) is 0 Å². The third-order valence-corrected chi connectivity index (χ3v) is 4.38. The van der Waals surface area contributed by atoms with Gasteiger partial charge in [0, 0.05) is 23.5 Å². The number of anilines is 1. The zero-order chi connectivity index (χ0) is 22.7. The van der Waals surface area contributed by atoms with E-state index in [0.29, 0.717) is 11.4 Å². The van der Waals surface area contributed by atoms with Crippen molar-refractivity contribution >= 4 is 35.0 Å². The number of carbonyl (C=O) groups is 2. The molecule has 2 heterocycles. The van der Waals surface area contributed by atoms with Crippen LogP contribution in [0.5, 0.6) is 0 Å². The predicted octanol–water partition coefficient (Wildman–Crippen LogP) is 3.27. The van der Waals surface area contributed by atoms with Gasteiger partial charge in [-0.25, -0.2) is 14.8 Å². The minimum absolute atomic E-state index is 0.0176. The summed E-state index contributed by atoms with van der Waals surface area (Å²) in [6.45, 7) is 5.29. The lowest BCUT2D eigenvalue weighted by Gasteiger charge is -2.11. The molecule has 160 valence electrons. The molecule has 31 heavy (non-hydrogen) atoms. The lowest BCUT2D eigenvalue weighted by atomic mass is 10.2. The van der Waals surface area contributed by atoms with Crippen molar-refractivity contribution in [2.45, 2.75) is 20.8 Å². The number of aryl methyl sites for hydroxylation is 2. The van der Waals surface area contributed by atoms with E-state index in [-0.39, 0.29) is 40.2 Å². The summed E-state index contributed by atoms with van der Waals surface area (Å²) in [6.07, 6.45) is 1.23. The van der Waals surface area contributed by atoms with Crippen molar-refractivity contribution < 1.29 is 19.2 Å². The number of rotatable bonds is 6. The molecule has 3 aromatic rings. The Morgan fingerprint density at radius 3 is 2.45 bits per heavy atom. The van der Waals surface area contributed by atoms with Crippen LogP contribution in [0, 0.1) is 24.0 Å². The second kappa shape index (κ2) is 8.88. The molecule has 1 aromatic carbocycles. The highest BCUT2D eigenvalue weighted by atomic mass is 35.5. The lowest BCUT2D eigenvalue weighted by molar-refractivity contribution is -0.384. The second-order valence-electron chi connectivity index (χ2n) is 6.37. The van der Waals surface area contributed by atoms with Crippen LogP contribution in [0.1, 0.15) is 39.0 Å². The predicted molar refractivity (Wildman–Crippen MR) is 111 cm³/mol. The fourth-order valence-electron chi connectivity index (χ4n) is 2.76. The molecule has 12 heteroatoms. The van der Waals surface area contributed by atoms with Crippen molar-refractivity contribution in [1.29, 1.82) is 0 Å². The SMILES string of the molecule is CCOC(=O)c1cnn(-c2nc(C)cc(C)n2)c1NC(=O)c1ccc([N+](=O)[O-])cc1Cl. The zero-order valence-electron chi connectivity index (χ0n) is 16.7. The van der Waals surface area contributed by atoms with E-state index in [1.807, 2.05) is 0 Å². The molecule has 0 atom stereocenters. The maximum Gasteiger partial charge on any atom is 0.343 e. The van der Waals surface area contributed by atoms with Crippen LogP contribution in [0.3, 0.4) is 0 Å². The average Bonchev–Trinajstić information content (AvgIpc) is 3.10. The van der Waals surface area contributed by atoms with Crippen LogP contribution in [0.4, 0.5) is 11.5 Å². The van der Waals surface area contributed by atoms with Crippen molar-refractivity contribution in [3.63, 3.8) is 0 Å². The molecule has 0 aliphatic carbocycles. The first-order valence-electron chi connectivity index (χ1n) is 9.04. The second-order valence-corrected chi connectivity index (χ2v) is 6.77. The summed E-state index contributed by atoms with van der Waals surface area (Å²) in [5.74, 6) is -1.30. The molecule has 0 radical (unpaired) electrons. The molecule has 0 bridgehead atoms. The van der Waals surface area contributed by atoms with Crippen LogP contribution in [0.2, 0.25) is 5.02 Å². The molecular formula is C19H17ClN6O5. The van der Waals surface area contributed by atoms with E-state index in [1.54, 1.807) is 26.8 Å². The molecule has 1 N–H and O–H groups in total. The minimum Gasteiger partial charge on any atom is -0.462 e. The maximum absolute atomic E-state index is 12.9. The Kier molecular flexibility index (Phi) is 6.25. The number of amides is 1. The highest BCUT2D eigenvalue weighted by molar-refractivity contribution is 6.34. The summed E-state index contributed by atoms with van der Waals surface area (Å²) < 4.78 is 6.23. The van der Waals surface area contributed by atoms with Gasteiger partial charge in [0.15, 0.2) is 5.82 Å². The van der Waals surface area contributed by atoms with E-state index in [1.165, 1.54) is 16.9 Å². The topological polar surface area (TPSA) is 142 Å².